The monoisotopic (exact) mass is 418 g/mol. The summed E-state index contributed by atoms with van der Waals surface area (Å²) >= 11 is 0. The summed E-state index contributed by atoms with van der Waals surface area (Å²) in [7, 11) is 0. The van der Waals surface area contributed by atoms with Crippen LogP contribution in [-0.2, 0) is 6.42 Å². The average Bonchev–Trinajstić information content (AvgIpc) is 2.70. The number of carbonyl (C=O) groups is 1. The van der Waals surface area contributed by atoms with Gasteiger partial charge in [-0.05, 0) is 35.2 Å². The summed E-state index contributed by atoms with van der Waals surface area (Å²) in [5.74, 6) is -9.64. The standard InChI is InChI=1S/C23H15F5O2/c1-2-13-3-5-14(6-4-13)7-8-15-9-17(24)21(18(25)10-15)23(29)30-16-11-19(26)22(28)20(27)12-16/h3-12H,2H2,1H3/b8-7+. The number of carbonyl (C=O) groups excluding carboxylic acids is 1. The topological polar surface area (TPSA) is 26.3 Å². The van der Waals surface area contributed by atoms with E-state index >= 15 is 0 Å². The summed E-state index contributed by atoms with van der Waals surface area (Å²) in [6, 6.07) is 10.2. The molecule has 0 aromatic heterocycles. The molecule has 0 aliphatic carbocycles. The first-order chi connectivity index (χ1) is 14.3. The SMILES string of the molecule is CCc1ccc(/C=C/c2cc(F)c(C(=O)Oc3cc(F)c(F)c(F)c3)c(F)c2)cc1. The Kier molecular flexibility index (Phi) is 6.30. The minimum Gasteiger partial charge on any atom is -0.423 e. The van der Waals surface area contributed by atoms with Crippen molar-refractivity contribution >= 4 is 18.1 Å². The van der Waals surface area contributed by atoms with Gasteiger partial charge in [-0.25, -0.2) is 26.7 Å². The lowest BCUT2D eigenvalue weighted by Crippen LogP contribution is -2.14. The molecule has 0 saturated carbocycles. The van der Waals surface area contributed by atoms with Crippen LogP contribution in [0.4, 0.5) is 22.0 Å². The molecule has 0 amide bonds. The Labute approximate surface area is 169 Å². The van der Waals surface area contributed by atoms with Gasteiger partial charge in [0.05, 0.1) is 0 Å². The number of ether oxygens (including phenoxy) is 1. The molecule has 3 aromatic carbocycles. The number of hydrogen-bond donors (Lipinski definition) is 0. The molecular weight excluding hydrogens is 403 g/mol. The number of aryl methyl sites for hydroxylation is 1. The third-order valence-electron chi connectivity index (χ3n) is 4.29. The average molecular weight is 418 g/mol. The Bertz CT molecular complexity index is 1070. The summed E-state index contributed by atoms with van der Waals surface area (Å²) < 4.78 is 72.6. The van der Waals surface area contributed by atoms with E-state index in [1.54, 1.807) is 6.08 Å². The molecule has 3 rings (SSSR count). The molecule has 0 unspecified atom stereocenters. The Hall–Kier alpha value is -3.48. The molecule has 3 aromatic rings. The van der Waals surface area contributed by atoms with Gasteiger partial charge in [0.25, 0.3) is 0 Å². The Morgan fingerprint density at radius 1 is 0.800 bits per heavy atom. The van der Waals surface area contributed by atoms with E-state index in [0.29, 0.717) is 12.1 Å². The van der Waals surface area contributed by atoms with Gasteiger partial charge in [-0.3, -0.25) is 0 Å². The summed E-state index contributed by atoms with van der Waals surface area (Å²) in [5.41, 5.74) is 1.08. The van der Waals surface area contributed by atoms with Crippen LogP contribution in [0.3, 0.4) is 0 Å². The van der Waals surface area contributed by atoms with Crippen LogP contribution in [0.5, 0.6) is 5.75 Å². The van der Waals surface area contributed by atoms with Gasteiger partial charge in [0.2, 0.25) is 0 Å². The van der Waals surface area contributed by atoms with E-state index in [9.17, 15) is 26.7 Å². The van der Waals surface area contributed by atoms with Crippen molar-refractivity contribution in [2.45, 2.75) is 13.3 Å². The van der Waals surface area contributed by atoms with E-state index in [1.165, 1.54) is 6.08 Å². The van der Waals surface area contributed by atoms with Crippen LogP contribution in [-0.4, -0.2) is 5.97 Å². The zero-order valence-electron chi connectivity index (χ0n) is 15.7. The highest BCUT2D eigenvalue weighted by Crippen LogP contribution is 2.23. The number of rotatable bonds is 5. The molecular formula is C23H15F5O2. The van der Waals surface area contributed by atoms with Crippen molar-refractivity contribution in [3.8, 4) is 5.75 Å². The molecule has 30 heavy (non-hydrogen) atoms. The lowest BCUT2D eigenvalue weighted by Gasteiger charge is -2.08. The van der Waals surface area contributed by atoms with Crippen molar-refractivity contribution in [1.29, 1.82) is 0 Å². The first kappa shape index (κ1) is 21.2. The molecule has 154 valence electrons. The van der Waals surface area contributed by atoms with E-state index < -0.39 is 46.4 Å². The lowest BCUT2D eigenvalue weighted by atomic mass is 10.1. The molecule has 0 fully saturated rings. The highest BCUT2D eigenvalue weighted by Gasteiger charge is 2.22. The number of hydrogen-bond acceptors (Lipinski definition) is 2. The predicted octanol–water partition coefficient (Wildman–Crippen LogP) is 6.33. The summed E-state index contributed by atoms with van der Waals surface area (Å²) in [6.45, 7) is 2.02. The fourth-order valence-electron chi connectivity index (χ4n) is 2.69. The smallest absolute Gasteiger partial charge is 0.349 e. The van der Waals surface area contributed by atoms with Crippen molar-refractivity contribution in [1.82, 2.24) is 0 Å². The van der Waals surface area contributed by atoms with Crippen molar-refractivity contribution in [2.75, 3.05) is 0 Å². The third kappa shape index (κ3) is 4.74. The van der Waals surface area contributed by atoms with Crippen LogP contribution < -0.4 is 4.74 Å². The molecule has 0 heterocycles. The van der Waals surface area contributed by atoms with Crippen molar-refractivity contribution in [3.63, 3.8) is 0 Å². The maximum Gasteiger partial charge on any atom is 0.349 e. The predicted molar refractivity (Wildman–Crippen MR) is 102 cm³/mol. The van der Waals surface area contributed by atoms with Gasteiger partial charge in [0.1, 0.15) is 22.9 Å². The largest absolute Gasteiger partial charge is 0.423 e. The third-order valence-corrected chi connectivity index (χ3v) is 4.29. The van der Waals surface area contributed by atoms with E-state index in [4.69, 9.17) is 0 Å². The van der Waals surface area contributed by atoms with Crippen molar-refractivity contribution < 1.29 is 31.5 Å². The highest BCUT2D eigenvalue weighted by molar-refractivity contribution is 5.92. The number of benzene rings is 3. The maximum absolute atomic E-state index is 14.3. The van der Waals surface area contributed by atoms with Crippen LogP contribution in [0.25, 0.3) is 12.2 Å². The Morgan fingerprint density at radius 2 is 1.33 bits per heavy atom. The van der Waals surface area contributed by atoms with Crippen LogP contribution in [0, 0.1) is 29.1 Å². The Balaban J connectivity index is 1.81. The van der Waals surface area contributed by atoms with E-state index in [1.807, 2.05) is 31.2 Å². The van der Waals surface area contributed by atoms with E-state index in [0.717, 1.165) is 29.7 Å². The van der Waals surface area contributed by atoms with Gasteiger partial charge < -0.3 is 4.74 Å². The molecule has 0 saturated heterocycles. The molecule has 7 heteroatoms. The second-order valence-electron chi connectivity index (χ2n) is 6.38. The minimum atomic E-state index is -1.76. The highest BCUT2D eigenvalue weighted by atomic mass is 19.2. The van der Waals surface area contributed by atoms with Crippen LogP contribution in [0.2, 0.25) is 0 Å². The fraction of sp³-hybridized carbons (Fsp3) is 0.0870. The molecule has 0 spiro atoms. The molecule has 2 nitrogen and oxygen atoms in total. The van der Waals surface area contributed by atoms with E-state index in [2.05, 4.69) is 4.74 Å². The van der Waals surface area contributed by atoms with E-state index in [-0.39, 0.29) is 5.56 Å². The lowest BCUT2D eigenvalue weighted by molar-refractivity contribution is 0.0723. The van der Waals surface area contributed by atoms with Crippen LogP contribution in [0.15, 0.2) is 48.5 Å². The zero-order valence-corrected chi connectivity index (χ0v) is 15.7. The van der Waals surface area contributed by atoms with Gasteiger partial charge >= 0.3 is 5.97 Å². The van der Waals surface area contributed by atoms with Gasteiger partial charge in [-0.2, -0.15) is 0 Å². The molecule has 0 atom stereocenters. The Morgan fingerprint density at radius 3 is 1.87 bits per heavy atom. The van der Waals surface area contributed by atoms with Crippen LogP contribution >= 0.6 is 0 Å². The van der Waals surface area contributed by atoms with Gasteiger partial charge in [0, 0.05) is 12.1 Å². The molecule has 0 aliphatic rings. The second kappa shape index (κ2) is 8.90. The van der Waals surface area contributed by atoms with Gasteiger partial charge in [0.15, 0.2) is 17.5 Å². The zero-order chi connectivity index (χ0) is 21.8. The number of halogens is 5. The maximum atomic E-state index is 14.3. The molecule has 0 radical (unpaired) electrons. The number of esters is 1. The normalized spacial score (nSPS) is 11.1. The summed E-state index contributed by atoms with van der Waals surface area (Å²) in [6.07, 6.45) is 4.00. The van der Waals surface area contributed by atoms with Gasteiger partial charge in [-0.15, -0.1) is 0 Å². The molecule has 0 N–H and O–H groups in total. The summed E-state index contributed by atoms with van der Waals surface area (Å²) in [4.78, 5) is 12.1. The fourth-order valence-corrected chi connectivity index (χ4v) is 2.69. The summed E-state index contributed by atoms with van der Waals surface area (Å²) in [5, 5.41) is 0. The van der Waals surface area contributed by atoms with Crippen molar-refractivity contribution in [3.05, 3.63) is 99.9 Å². The van der Waals surface area contributed by atoms with Gasteiger partial charge in [-0.1, -0.05) is 43.3 Å². The second-order valence-corrected chi connectivity index (χ2v) is 6.38. The van der Waals surface area contributed by atoms with Crippen molar-refractivity contribution in [2.24, 2.45) is 0 Å². The minimum absolute atomic E-state index is 0.153. The molecule has 0 bridgehead atoms. The molecule has 0 aliphatic heterocycles. The first-order valence-electron chi connectivity index (χ1n) is 8.91. The first-order valence-corrected chi connectivity index (χ1v) is 8.91. The van der Waals surface area contributed by atoms with Crippen LogP contribution in [0.1, 0.15) is 34.0 Å². The quantitative estimate of drug-likeness (QED) is 0.159.